The second-order valence-corrected chi connectivity index (χ2v) is 5.00. The summed E-state index contributed by atoms with van der Waals surface area (Å²) >= 11 is 0. The van der Waals surface area contributed by atoms with E-state index in [4.69, 9.17) is 10.0 Å². The van der Waals surface area contributed by atoms with Crippen molar-refractivity contribution in [3.8, 4) is 0 Å². The minimum Gasteiger partial charge on any atom is -0.423 e. The fraction of sp³-hybridized carbons (Fsp3) is 0.778. The summed E-state index contributed by atoms with van der Waals surface area (Å²) < 4.78 is 0. The van der Waals surface area contributed by atoms with Crippen molar-refractivity contribution in [2.75, 3.05) is 0 Å². The molecule has 1 rings (SSSR count). The summed E-state index contributed by atoms with van der Waals surface area (Å²) in [4.78, 5) is 0. The Morgan fingerprint density at radius 3 is 2.23 bits per heavy atom. The summed E-state index contributed by atoms with van der Waals surface area (Å²) in [6.07, 6.45) is 2.57. The highest BCUT2D eigenvalue weighted by molar-refractivity contribution is 6.50. The molecule has 0 bridgehead atoms. The molecule has 0 amide bonds. The van der Waals surface area contributed by atoms with Crippen LogP contribution in [0.3, 0.4) is 0 Å². The lowest BCUT2D eigenvalue weighted by molar-refractivity contribution is 0.280. The van der Waals surface area contributed by atoms with Crippen molar-refractivity contribution in [3.63, 3.8) is 0 Å². The van der Waals surface area contributed by atoms with Gasteiger partial charge >= 0.3 is 7.12 Å². The Morgan fingerprint density at radius 1 is 1.31 bits per heavy atom. The van der Waals surface area contributed by atoms with Crippen molar-refractivity contribution in [2.24, 2.45) is 0 Å². The fourth-order valence-corrected chi connectivity index (χ4v) is 2.14. The predicted octanol–water partition coefficient (Wildman–Crippen LogP) is 0.475. The second kappa shape index (κ2) is 3.12. The number of hydrogen-bond donors (Lipinski definition) is 3. The zero-order valence-corrected chi connectivity index (χ0v) is 8.76. The van der Waals surface area contributed by atoms with Crippen LogP contribution in [-0.2, 0) is 0 Å². The minimum atomic E-state index is -1.32. The van der Waals surface area contributed by atoms with E-state index in [1.807, 2.05) is 19.9 Å². The van der Waals surface area contributed by atoms with Crippen LogP contribution < -0.4 is 5.32 Å². The molecule has 1 aliphatic heterocycles. The molecule has 0 atom stereocenters. The van der Waals surface area contributed by atoms with Gasteiger partial charge in [0, 0.05) is 11.1 Å². The van der Waals surface area contributed by atoms with Crippen LogP contribution in [0.15, 0.2) is 11.5 Å². The molecule has 0 aliphatic carbocycles. The molecule has 0 aromatic carbocycles. The molecule has 74 valence electrons. The maximum absolute atomic E-state index is 9.10. The van der Waals surface area contributed by atoms with E-state index < -0.39 is 7.12 Å². The number of nitrogens with one attached hydrogen (secondary N) is 1. The highest BCUT2D eigenvalue weighted by Crippen LogP contribution is 2.27. The Bertz CT molecular complexity index is 234. The van der Waals surface area contributed by atoms with Crippen LogP contribution in [0.1, 0.15) is 34.1 Å². The van der Waals surface area contributed by atoms with Gasteiger partial charge < -0.3 is 15.4 Å². The van der Waals surface area contributed by atoms with Crippen LogP contribution >= 0.6 is 0 Å². The average Bonchev–Trinajstić information content (AvgIpc) is 1.79. The summed E-state index contributed by atoms with van der Waals surface area (Å²) in [5.74, 6) is 0. The summed E-state index contributed by atoms with van der Waals surface area (Å²) in [6, 6.07) is 0. The van der Waals surface area contributed by atoms with Crippen LogP contribution in [0.4, 0.5) is 0 Å². The van der Waals surface area contributed by atoms with E-state index in [-0.39, 0.29) is 11.1 Å². The Kier molecular flexibility index (Phi) is 2.58. The number of rotatable bonds is 1. The summed E-state index contributed by atoms with van der Waals surface area (Å²) in [7, 11) is -1.32. The summed E-state index contributed by atoms with van der Waals surface area (Å²) in [5, 5.41) is 21.6. The Labute approximate surface area is 80.0 Å². The summed E-state index contributed by atoms with van der Waals surface area (Å²) in [5.41, 5.74) is 0.465. The molecule has 0 radical (unpaired) electrons. The second-order valence-electron chi connectivity index (χ2n) is 5.00. The third-order valence-electron chi connectivity index (χ3n) is 2.18. The molecule has 0 aromatic heterocycles. The van der Waals surface area contributed by atoms with Gasteiger partial charge in [0.05, 0.1) is 0 Å². The molecule has 1 aliphatic rings. The molecule has 0 saturated carbocycles. The molecule has 13 heavy (non-hydrogen) atoms. The predicted molar refractivity (Wildman–Crippen MR) is 54.2 cm³/mol. The largest absolute Gasteiger partial charge is 0.483 e. The quantitative estimate of drug-likeness (QED) is 0.518. The molecule has 3 N–H and O–H groups in total. The highest BCUT2D eigenvalue weighted by Gasteiger charge is 2.35. The van der Waals surface area contributed by atoms with Crippen LogP contribution in [0.5, 0.6) is 0 Å². The molecule has 1 heterocycles. The lowest BCUT2D eigenvalue weighted by atomic mass is 9.68. The van der Waals surface area contributed by atoms with Gasteiger partial charge in [0.1, 0.15) is 0 Å². The zero-order chi connectivity index (χ0) is 10.3. The van der Waals surface area contributed by atoms with Crippen molar-refractivity contribution < 1.29 is 10.0 Å². The molecule has 0 unspecified atom stereocenters. The van der Waals surface area contributed by atoms with E-state index in [2.05, 4.69) is 19.2 Å². The van der Waals surface area contributed by atoms with Gasteiger partial charge in [-0.2, -0.15) is 0 Å². The number of hydrogen-bond acceptors (Lipinski definition) is 3. The Hall–Kier alpha value is -0.315. The van der Waals surface area contributed by atoms with Crippen LogP contribution in [-0.4, -0.2) is 28.2 Å². The van der Waals surface area contributed by atoms with Gasteiger partial charge in [-0.05, 0) is 39.6 Å². The van der Waals surface area contributed by atoms with E-state index in [9.17, 15) is 0 Å². The van der Waals surface area contributed by atoms with Gasteiger partial charge in [-0.3, -0.25) is 0 Å². The highest BCUT2D eigenvalue weighted by atomic mass is 16.4. The van der Waals surface area contributed by atoms with E-state index >= 15 is 0 Å². The first kappa shape index (κ1) is 10.8. The van der Waals surface area contributed by atoms with Crippen molar-refractivity contribution >= 4 is 7.12 Å². The normalized spacial score (nSPS) is 25.2. The smallest absolute Gasteiger partial charge is 0.423 e. The Morgan fingerprint density at radius 2 is 1.85 bits per heavy atom. The van der Waals surface area contributed by atoms with Gasteiger partial charge in [-0.15, -0.1) is 0 Å². The van der Waals surface area contributed by atoms with E-state index in [0.717, 1.165) is 0 Å². The van der Waals surface area contributed by atoms with Crippen LogP contribution in [0, 0.1) is 0 Å². The van der Waals surface area contributed by atoms with Crippen LogP contribution in [0.2, 0.25) is 0 Å². The third-order valence-corrected chi connectivity index (χ3v) is 2.18. The molecule has 0 saturated heterocycles. The first-order valence-electron chi connectivity index (χ1n) is 4.59. The van der Waals surface area contributed by atoms with Gasteiger partial charge in [-0.25, -0.2) is 0 Å². The molecule has 0 aromatic rings. The van der Waals surface area contributed by atoms with Crippen LogP contribution in [0.25, 0.3) is 0 Å². The van der Waals surface area contributed by atoms with E-state index in [1.54, 1.807) is 0 Å². The molecule has 3 nitrogen and oxygen atoms in total. The summed E-state index contributed by atoms with van der Waals surface area (Å²) in [6.45, 7) is 8.17. The molecular weight excluding hydrogens is 165 g/mol. The molecule has 4 heteroatoms. The maximum Gasteiger partial charge on any atom is 0.483 e. The topological polar surface area (TPSA) is 52.5 Å². The average molecular weight is 183 g/mol. The van der Waals surface area contributed by atoms with Gasteiger partial charge in [0.25, 0.3) is 0 Å². The zero-order valence-electron chi connectivity index (χ0n) is 8.76. The fourth-order valence-electron chi connectivity index (χ4n) is 2.14. The Balaban J connectivity index is 2.93. The lowest BCUT2D eigenvalue weighted by Gasteiger charge is -2.41. The van der Waals surface area contributed by atoms with Crippen molar-refractivity contribution in [1.82, 2.24) is 5.32 Å². The molecular formula is C9H18BNO2. The van der Waals surface area contributed by atoms with Gasteiger partial charge in [0.15, 0.2) is 0 Å². The first-order chi connectivity index (χ1) is 5.72. The lowest BCUT2D eigenvalue weighted by Crippen LogP contribution is -2.55. The molecule has 0 fully saturated rings. The van der Waals surface area contributed by atoms with Crippen molar-refractivity contribution in [3.05, 3.63) is 11.5 Å². The standard InChI is InChI=1S/C9H18BNO2/c1-8(2)5-7(10(12)13)6-9(3,4)11-8/h5,11-13H,6H2,1-4H3. The maximum atomic E-state index is 9.10. The monoisotopic (exact) mass is 183 g/mol. The van der Waals surface area contributed by atoms with Gasteiger partial charge in [-0.1, -0.05) is 6.08 Å². The molecule has 0 spiro atoms. The first-order valence-corrected chi connectivity index (χ1v) is 4.59. The third kappa shape index (κ3) is 2.83. The van der Waals surface area contributed by atoms with Crippen molar-refractivity contribution in [2.45, 2.75) is 45.2 Å². The van der Waals surface area contributed by atoms with Gasteiger partial charge in [0.2, 0.25) is 0 Å². The van der Waals surface area contributed by atoms with E-state index in [0.29, 0.717) is 11.9 Å². The minimum absolute atomic E-state index is 0.0721. The van der Waals surface area contributed by atoms with E-state index in [1.165, 1.54) is 0 Å². The van der Waals surface area contributed by atoms with Crippen molar-refractivity contribution in [1.29, 1.82) is 0 Å². The SMILES string of the molecule is CC1(C)C=C(B(O)O)CC(C)(C)N1.